The number of carbonyl (C=O) groups is 1. The molecule has 1 aliphatic heterocycles. The number of rotatable bonds is 2. The molecule has 1 fully saturated rings. The molecule has 3 rings (SSSR count). The van der Waals surface area contributed by atoms with Crippen molar-refractivity contribution >= 4 is 95.7 Å². The fraction of sp³-hybridized carbons (Fsp3) is 0. The first-order chi connectivity index (χ1) is 11.4. The van der Waals surface area contributed by atoms with Crippen LogP contribution in [-0.4, -0.2) is 16.2 Å². The Hall–Kier alpha value is -0.590. The monoisotopic (exact) mass is 626 g/mol. The lowest BCUT2D eigenvalue weighted by Crippen LogP contribution is -2.19. The number of nitrogens with zero attached hydrogens (tertiary/aromatic N) is 1. The van der Waals surface area contributed by atoms with E-state index in [1.54, 1.807) is 6.08 Å². The third-order valence-electron chi connectivity index (χ3n) is 3.03. The molecule has 122 valence electrons. The number of aromatic hydroxyl groups is 1. The van der Waals surface area contributed by atoms with E-state index in [0.717, 1.165) is 22.9 Å². The fourth-order valence-corrected chi connectivity index (χ4v) is 5.01. The maximum absolute atomic E-state index is 12.1. The number of hydrogen-bond acceptors (Lipinski definition) is 4. The lowest BCUT2D eigenvalue weighted by molar-refractivity contribution is -0.115. The number of benzene rings is 2. The smallest absolute Gasteiger partial charge is 0.264 e. The molecule has 1 amide bonds. The van der Waals surface area contributed by atoms with E-state index in [1.165, 1.54) is 11.8 Å². The van der Waals surface area contributed by atoms with Gasteiger partial charge in [-0.3, -0.25) is 4.79 Å². The molecule has 8 heteroatoms. The fourth-order valence-electron chi connectivity index (χ4n) is 1.96. The molecular weight excluding hydrogens is 618 g/mol. The van der Waals surface area contributed by atoms with E-state index in [-0.39, 0.29) is 11.7 Å². The van der Waals surface area contributed by atoms with Crippen molar-refractivity contribution in [2.75, 3.05) is 0 Å². The number of amidine groups is 1. The molecule has 0 saturated carbocycles. The second-order valence-electron chi connectivity index (χ2n) is 4.79. The Balaban J connectivity index is 1.87. The predicted octanol–water partition coefficient (Wildman–Crippen LogP) is 5.26. The summed E-state index contributed by atoms with van der Waals surface area (Å²) in [5.74, 6) is 0.0885. The van der Waals surface area contributed by atoms with E-state index in [1.807, 2.05) is 36.4 Å². The molecule has 1 heterocycles. The number of phenols is 1. The standard InChI is InChI=1S/C16H9BrI2N2O2S/c17-9-2-1-3-10(7-9)20-16-21-15(23)13(24-16)6-8-4-11(18)14(22)12(19)5-8/h1-7,22H,(H,20,21,23). The van der Waals surface area contributed by atoms with Crippen molar-refractivity contribution in [1.82, 2.24) is 5.32 Å². The van der Waals surface area contributed by atoms with Gasteiger partial charge in [0.25, 0.3) is 5.91 Å². The third kappa shape index (κ3) is 4.33. The van der Waals surface area contributed by atoms with Crippen molar-refractivity contribution < 1.29 is 9.90 Å². The van der Waals surface area contributed by atoms with E-state index in [2.05, 4.69) is 71.4 Å². The quantitative estimate of drug-likeness (QED) is 0.354. The Morgan fingerprint density at radius 1 is 1.21 bits per heavy atom. The van der Waals surface area contributed by atoms with Crippen LogP contribution in [-0.2, 0) is 4.79 Å². The molecule has 24 heavy (non-hydrogen) atoms. The summed E-state index contributed by atoms with van der Waals surface area (Å²) in [4.78, 5) is 17.2. The SMILES string of the molecule is O=C1NC(=Nc2cccc(Br)c2)SC1=Cc1cc(I)c(O)c(I)c1. The van der Waals surface area contributed by atoms with Gasteiger partial charge in [-0.05, 0) is 98.9 Å². The highest BCUT2D eigenvalue weighted by Crippen LogP contribution is 2.32. The number of nitrogens with one attached hydrogen (secondary N) is 1. The Morgan fingerprint density at radius 2 is 1.92 bits per heavy atom. The number of amides is 1. The van der Waals surface area contributed by atoms with Crippen LogP contribution < -0.4 is 5.32 Å². The molecular formula is C16H9BrI2N2O2S. The number of hydrogen-bond donors (Lipinski definition) is 2. The largest absolute Gasteiger partial charge is 0.506 e. The molecule has 2 N–H and O–H groups in total. The van der Waals surface area contributed by atoms with Gasteiger partial charge >= 0.3 is 0 Å². The van der Waals surface area contributed by atoms with Crippen LogP contribution in [0.4, 0.5) is 5.69 Å². The van der Waals surface area contributed by atoms with Gasteiger partial charge in [-0.25, -0.2) is 4.99 Å². The minimum absolute atomic E-state index is 0.174. The summed E-state index contributed by atoms with van der Waals surface area (Å²) in [6, 6.07) is 11.2. The molecule has 2 aromatic rings. The number of thioether (sulfide) groups is 1. The highest BCUT2D eigenvalue weighted by molar-refractivity contribution is 14.1. The molecule has 0 atom stereocenters. The second kappa shape index (κ2) is 7.75. The van der Waals surface area contributed by atoms with E-state index in [4.69, 9.17) is 0 Å². The van der Waals surface area contributed by atoms with Gasteiger partial charge in [-0.2, -0.15) is 0 Å². The van der Waals surface area contributed by atoms with Crippen molar-refractivity contribution in [1.29, 1.82) is 0 Å². The Bertz CT molecular complexity index is 876. The highest BCUT2D eigenvalue weighted by atomic mass is 127. The number of carbonyl (C=O) groups excluding carboxylic acids is 1. The second-order valence-corrected chi connectivity index (χ2v) is 9.07. The maximum Gasteiger partial charge on any atom is 0.264 e. The van der Waals surface area contributed by atoms with Crippen LogP contribution in [0, 0.1) is 7.14 Å². The molecule has 1 saturated heterocycles. The molecule has 0 aromatic heterocycles. The van der Waals surface area contributed by atoms with E-state index < -0.39 is 0 Å². The lowest BCUT2D eigenvalue weighted by Gasteiger charge is -2.02. The zero-order valence-corrected chi connectivity index (χ0v) is 18.6. The third-order valence-corrected chi connectivity index (χ3v) is 6.07. The maximum atomic E-state index is 12.1. The molecule has 0 unspecified atom stereocenters. The summed E-state index contributed by atoms with van der Waals surface area (Å²) in [6.45, 7) is 0. The van der Waals surface area contributed by atoms with Crippen LogP contribution in [0.15, 0.2) is 50.8 Å². The van der Waals surface area contributed by atoms with Crippen molar-refractivity contribution in [3.63, 3.8) is 0 Å². The number of aliphatic imine (C=N–C) groups is 1. The van der Waals surface area contributed by atoms with Gasteiger partial charge in [0.15, 0.2) is 5.17 Å². The van der Waals surface area contributed by atoms with Gasteiger partial charge in [0.1, 0.15) is 5.75 Å². The molecule has 4 nitrogen and oxygen atoms in total. The van der Waals surface area contributed by atoms with Crippen molar-refractivity contribution in [2.24, 2.45) is 4.99 Å². The van der Waals surface area contributed by atoms with E-state index >= 15 is 0 Å². The van der Waals surface area contributed by atoms with Crippen LogP contribution in [0.25, 0.3) is 6.08 Å². The van der Waals surface area contributed by atoms with Gasteiger partial charge in [-0.1, -0.05) is 22.0 Å². The first-order valence-corrected chi connectivity index (χ1v) is 10.4. The molecule has 0 radical (unpaired) electrons. The van der Waals surface area contributed by atoms with Crippen LogP contribution in [0.5, 0.6) is 5.75 Å². The minimum Gasteiger partial charge on any atom is -0.506 e. The molecule has 0 bridgehead atoms. The predicted molar refractivity (Wildman–Crippen MR) is 118 cm³/mol. The summed E-state index contributed by atoms with van der Waals surface area (Å²) >= 11 is 8.84. The zero-order chi connectivity index (χ0) is 17.3. The molecule has 1 aliphatic rings. The summed E-state index contributed by atoms with van der Waals surface area (Å²) in [6.07, 6.45) is 1.80. The Morgan fingerprint density at radius 3 is 2.58 bits per heavy atom. The molecule has 0 aliphatic carbocycles. The Kier molecular flexibility index (Phi) is 5.88. The Labute approximate surface area is 178 Å². The first-order valence-electron chi connectivity index (χ1n) is 6.65. The van der Waals surface area contributed by atoms with Gasteiger partial charge in [0.05, 0.1) is 17.7 Å². The molecule has 2 aromatic carbocycles. The van der Waals surface area contributed by atoms with Gasteiger partial charge < -0.3 is 10.4 Å². The average Bonchev–Trinajstić information content (AvgIpc) is 2.84. The first kappa shape index (κ1) is 18.2. The van der Waals surface area contributed by atoms with E-state index in [9.17, 15) is 9.90 Å². The summed E-state index contributed by atoms with van der Waals surface area (Å²) < 4.78 is 2.43. The minimum atomic E-state index is -0.174. The summed E-state index contributed by atoms with van der Waals surface area (Å²) in [5.41, 5.74) is 1.63. The lowest BCUT2D eigenvalue weighted by atomic mass is 10.2. The van der Waals surface area contributed by atoms with Crippen LogP contribution >= 0.6 is 72.9 Å². The molecule has 0 spiro atoms. The van der Waals surface area contributed by atoms with Crippen molar-refractivity contribution in [3.05, 3.63) is 58.5 Å². The highest BCUT2D eigenvalue weighted by Gasteiger charge is 2.24. The normalized spacial score (nSPS) is 17.5. The van der Waals surface area contributed by atoms with Crippen LogP contribution in [0.3, 0.4) is 0 Å². The average molecular weight is 627 g/mol. The van der Waals surface area contributed by atoms with Gasteiger partial charge in [-0.15, -0.1) is 0 Å². The topological polar surface area (TPSA) is 61.7 Å². The van der Waals surface area contributed by atoms with Crippen LogP contribution in [0.2, 0.25) is 0 Å². The van der Waals surface area contributed by atoms with Crippen molar-refractivity contribution in [3.8, 4) is 5.75 Å². The van der Waals surface area contributed by atoms with Gasteiger partial charge in [0, 0.05) is 4.47 Å². The van der Waals surface area contributed by atoms with Gasteiger partial charge in [0.2, 0.25) is 0 Å². The summed E-state index contributed by atoms with van der Waals surface area (Å²) in [5, 5.41) is 13.1. The van der Waals surface area contributed by atoms with Crippen LogP contribution in [0.1, 0.15) is 5.56 Å². The number of phenolic OH excluding ortho intramolecular Hbond substituents is 1. The zero-order valence-electron chi connectivity index (χ0n) is 11.9. The van der Waals surface area contributed by atoms with Crippen molar-refractivity contribution in [2.45, 2.75) is 0 Å². The van der Waals surface area contributed by atoms with E-state index in [0.29, 0.717) is 10.1 Å². The number of halogens is 3. The summed E-state index contributed by atoms with van der Waals surface area (Å²) in [7, 11) is 0.